The summed E-state index contributed by atoms with van der Waals surface area (Å²) >= 11 is 6.24. The van der Waals surface area contributed by atoms with Crippen molar-refractivity contribution in [2.75, 3.05) is 0 Å². The lowest BCUT2D eigenvalue weighted by Gasteiger charge is -1.97. The molecule has 0 N–H and O–H groups in total. The zero-order chi connectivity index (χ0) is 28.2. The number of aromatic nitrogens is 2. The molecule has 8 rings (SSSR count). The number of hydrogen-bond acceptors (Lipinski definition) is 8. The molecule has 0 bridgehead atoms. The van der Waals surface area contributed by atoms with E-state index >= 15 is 0 Å². The minimum Gasteiger partial charge on any atom is -0.288 e. The Labute approximate surface area is 256 Å². The number of benzene rings is 4. The highest BCUT2D eigenvalue weighted by atomic mass is 32.1. The fraction of sp³-hybridized carbons (Fsp3) is 0. The van der Waals surface area contributed by atoms with Crippen molar-refractivity contribution in [1.82, 2.24) is 9.97 Å². The number of fused-ring (bicyclic) bond motifs is 3. The smallest absolute Gasteiger partial charge is 0.202 e. The van der Waals surface area contributed by atoms with Crippen LogP contribution in [0.4, 0.5) is 0 Å². The molecule has 4 aromatic carbocycles. The molecule has 8 aromatic rings. The maximum Gasteiger partial charge on any atom is 0.202 e. The Balaban J connectivity index is 1.10. The Morgan fingerprint density at radius 1 is 0.476 bits per heavy atom. The molecular formula is C34H18N2O2S4. The van der Waals surface area contributed by atoms with E-state index in [0.717, 1.165) is 51.0 Å². The van der Waals surface area contributed by atoms with E-state index in [4.69, 9.17) is 9.97 Å². The topological polar surface area (TPSA) is 59.9 Å². The summed E-state index contributed by atoms with van der Waals surface area (Å²) in [5.74, 6) is 0.0689. The Bertz CT molecular complexity index is 2060. The molecule has 42 heavy (non-hydrogen) atoms. The number of nitrogens with zero attached hydrogens (tertiary/aromatic N) is 2. The number of thiazole rings is 2. The van der Waals surface area contributed by atoms with Gasteiger partial charge in [0.2, 0.25) is 11.6 Å². The predicted octanol–water partition coefficient (Wildman–Crippen LogP) is 9.98. The maximum atomic E-state index is 12.9. The Kier molecular flexibility index (Phi) is 6.15. The second kappa shape index (κ2) is 10.2. The highest BCUT2D eigenvalue weighted by molar-refractivity contribution is 7.27. The molecule has 0 radical (unpaired) electrons. The van der Waals surface area contributed by atoms with Gasteiger partial charge in [-0.15, -0.1) is 45.3 Å². The van der Waals surface area contributed by atoms with Gasteiger partial charge in [0.1, 0.15) is 10.0 Å². The first-order chi connectivity index (χ1) is 20.6. The normalized spacial score (nSPS) is 11.5. The van der Waals surface area contributed by atoms with Gasteiger partial charge in [-0.2, -0.15) is 0 Å². The molecule has 0 amide bonds. The van der Waals surface area contributed by atoms with Crippen LogP contribution >= 0.6 is 45.3 Å². The Hall–Kier alpha value is -4.34. The van der Waals surface area contributed by atoms with Crippen LogP contribution < -0.4 is 0 Å². The van der Waals surface area contributed by atoms with Crippen LogP contribution in [-0.2, 0) is 0 Å². The van der Waals surface area contributed by atoms with Crippen LogP contribution in [0, 0.1) is 0 Å². The van der Waals surface area contributed by atoms with Crippen LogP contribution in [-0.4, -0.2) is 21.5 Å². The summed E-state index contributed by atoms with van der Waals surface area (Å²) in [6, 6.07) is 35.1. The first-order valence-corrected chi connectivity index (χ1v) is 16.4. The number of hydrogen-bond donors (Lipinski definition) is 0. The standard InChI is InChI=1S/C34H18N2O2S4/c37-31(19-7-3-1-4-8-19)25-11-13-27(39-25)33-35-23-15-21-18-30-24(16-22(21)17-29(23)41-33)36-34(42-30)28-14-12-26(40-28)32(38)20-9-5-2-6-10-20/h1-18H. The molecule has 4 heterocycles. The van der Waals surface area contributed by atoms with Crippen molar-refractivity contribution in [2.24, 2.45) is 0 Å². The Morgan fingerprint density at radius 3 is 1.33 bits per heavy atom. The van der Waals surface area contributed by atoms with Crippen LogP contribution in [0.3, 0.4) is 0 Å². The lowest BCUT2D eigenvalue weighted by Crippen LogP contribution is -1.97. The number of rotatable bonds is 6. The lowest BCUT2D eigenvalue weighted by molar-refractivity contribution is 0.103. The van der Waals surface area contributed by atoms with Gasteiger partial charge < -0.3 is 0 Å². The molecule has 4 aromatic heterocycles. The van der Waals surface area contributed by atoms with E-state index in [2.05, 4.69) is 24.3 Å². The van der Waals surface area contributed by atoms with Gasteiger partial charge >= 0.3 is 0 Å². The third-order valence-electron chi connectivity index (χ3n) is 7.01. The summed E-state index contributed by atoms with van der Waals surface area (Å²) in [4.78, 5) is 39.1. The van der Waals surface area contributed by atoms with Crippen molar-refractivity contribution < 1.29 is 9.59 Å². The zero-order valence-electron chi connectivity index (χ0n) is 21.7. The fourth-order valence-electron chi connectivity index (χ4n) is 4.92. The third kappa shape index (κ3) is 4.49. The predicted molar refractivity (Wildman–Crippen MR) is 177 cm³/mol. The van der Waals surface area contributed by atoms with E-state index in [9.17, 15) is 9.59 Å². The van der Waals surface area contributed by atoms with E-state index in [1.165, 1.54) is 22.7 Å². The van der Waals surface area contributed by atoms with Crippen LogP contribution in [0.5, 0.6) is 0 Å². The molecule has 0 fully saturated rings. The average Bonchev–Trinajstić information content (AvgIpc) is 3.84. The summed E-state index contributed by atoms with van der Waals surface area (Å²) in [7, 11) is 0. The van der Waals surface area contributed by atoms with Crippen molar-refractivity contribution in [3.63, 3.8) is 0 Å². The Morgan fingerprint density at radius 2 is 0.905 bits per heavy atom. The summed E-state index contributed by atoms with van der Waals surface area (Å²) < 4.78 is 2.19. The van der Waals surface area contributed by atoms with Gasteiger partial charge in [0.25, 0.3) is 0 Å². The van der Waals surface area contributed by atoms with Crippen molar-refractivity contribution in [3.8, 4) is 19.8 Å². The van der Waals surface area contributed by atoms with Gasteiger partial charge in [0.05, 0.1) is 39.9 Å². The highest BCUT2D eigenvalue weighted by Crippen LogP contribution is 2.40. The maximum absolute atomic E-state index is 12.9. The average molecular weight is 615 g/mol. The molecule has 0 saturated carbocycles. The second-order valence-electron chi connectivity index (χ2n) is 9.74. The van der Waals surface area contributed by atoms with Gasteiger partial charge in [-0.05, 0) is 59.3 Å². The molecule has 0 atom stereocenters. The number of carbonyl (C=O) groups is 2. The molecule has 0 aliphatic rings. The van der Waals surface area contributed by atoms with E-state index in [1.807, 2.05) is 84.9 Å². The summed E-state index contributed by atoms with van der Waals surface area (Å²) in [5.41, 5.74) is 3.27. The number of carbonyl (C=O) groups excluding carboxylic acids is 2. The second-order valence-corrected chi connectivity index (χ2v) is 14.0. The van der Waals surface area contributed by atoms with Gasteiger partial charge in [-0.3, -0.25) is 9.59 Å². The largest absolute Gasteiger partial charge is 0.288 e. The van der Waals surface area contributed by atoms with Crippen LogP contribution in [0.1, 0.15) is 30.5 Å². The number of ketones is 2. The molecule has 0 unspecified atom stereocenters. The molecule has 0 aliphatic heterocycles. The van der Waals surface area contributed by atoms with Crippen LogP contribution in [0.25, 0.3) is 51.0 Å². The summed E-state index contributed by atoms with van der Waals surface area (Å²) in [6.07, 6.45) is 0. The lowest BCUT2D eigenvalue weighted by atomic mass is 10.1. The molecule has 4 nitrogen and oxygen atoms in total. The van der Waals surface area contributed by atoms with Gasteiger partial charge in [-0.25, -0.2) is 9.97 Å². The zero-order valence-corrected chi connectivity index (χ0v) is 25.0. The van der Waals surface area contributed by atoms with E-state index in [-0.39, 0.29) is 11.6 Å². The third-order valence-corrected chi connectivity index (χ3v) is 11.5. The number of thiophene rings is 2. The van der Waals surface area contributed by atoms with E-state index < -0.39 is 0 Å². The van der Waals surface area contributed by atoms with E-state index in [1.54, 1.807) is 22.7 Å². The minimum atomic E-state index is 0.0344. The molecule has 0 saturated heterocycles. The molecular weight excluding hydrogens is 597 g/mol. The first-order valence-electron chi connectivity index (χ1n) is 13.1. The van der Waals surface area contributed by atoms with Crippen molar-refractivity contribution >= 4 is 88.1 Å². The summed E-state index contributed by atoms with van der Waals surface area (Å²) in [5, 5.41) is 4.05. The molecule has 0 spiro atoms. The van der Waals surface area contributed by atoms with E-state index in [0.29, 0.717) is 20.9 Å². The molecule has 0 aliphatic carbocycles. The van der Waals surface area contributed by atoms with Crippen LogP contribution in [0.2, 0.25) is 0 Å². The van der Waals surface area contributed by atoms with Gasteiger partial charge in [-0.1, -0.05) is 60.7 Å². The summed E-state index contributed by atoms with van der Waals surface area (Å²) in [6.45, 7) is 0. The molecule has 200 valence electrons. The van der Waals surface area contributed by atoms with Crippen molar-refractivity contribution in [3.05, 3.63) is 130 Å². The van der Waals surface area contributed by atoms with Crippen molar-refractivity contribution in [2.45, 2.75) is 0 Å². The van der Waals surface area contributed by atoms with Gasteiger partial charge in [0, 0.05) is 11.1 Å². The monoisotopic (exact) mass is 614 g/mol. The first kappa shape index (κ1) is 25.4. The SMILES string of the molecule is O=C(c1ccccc1)c1ccc(-c2nc3cc4cc5sc(-c6ccc(C(=O)c7ccccc7)s6)nc5cc4cc3s2)s1. The highest BCUT2D eigenvalue weighted by Gasteiger charge is 2.17. The van der Waals surface area contributed by atoms with Gasteiger partial charge in [0.15, 0.2) is 0 Å². The fourth-order valence-corrected chi connectivity index (χ4v) is 8.96. The van der Waals surface area contributed by atoms with Crippen LogP contribution in [0.15, 0.2) is 109 Å². The molecule has 8 heteroatoms. The quantitative estimate of drug-likeness (QED) is 0.175. The van der Waals surface area contributed by atoms with Crippen molar-refractivity contribution in [1.29, 1.82) is 0 Å². The minimum absolute atomic E-state index is 0.0344.